The van der Waals surface area contributed by atoms with Gasteiger partial charge in [0.1, 0.15) is 0 Å². The molecule has 1 aromatic rings. The summed E-state index contributed by atoms with van der Waals surface area (Å²) in [4.78, 5) is 0. The molecule has 0 radical (unpaired) electrons. The number of nitrogens with one attached hydrogen (secondary N) is 1. The van der Waals surface area contributed by atoms with Gasteiger partial charge in [-0.25, -0.2) is 0 Å². The Morgan fingerprint density at radius 3 is 2.21 bits per heavy atom. The van der Waals surface area contributed by atoms with Crippen LogP contribution in [-0.4, -0.2) is 12.1 Å². The second-order valence-corrected chi connectivity index (χ2v) is 6.96. The Labute approximate surface area is 119 Å². The summed E-state index contributed by atoms with van der Waals surface area (Å²) in [5.41, 5.74) is 1.70. The lowest BCUT2D eigenvalue weighted by Gasteiger charge is -2.26. The lowest BCUT2D eigenvalue weighted by molar-refractivity contribution is 0.303. The van der Waals surface area contributed by atoms with Crippen LogP contribution in [0.4, 0.5) is 0 Å². The number of aryl methyl sites for hydroxylation is 1. The molecular weight excluding hydrogens is 230 g/mol. The van der Waals surface area contributed by atoms with E-state index in [0.29, 0.717) is 0 Å². The van der Waals surface area contributed by atoms with Gasteiger partial charge in [0.25, 0.3) is 0 Å². The van der Waals surface area contributed by atoms with Crippen molar-refractivity contribution in [3.63, 3.8) is 0 Å². The molecule has 0 heterocycles. The zero-order valence-corrected chi connectivity index (χ0v) is 13.4. The monoisotopic (exact) mass is 261 g/mol. The molecule has 0 aliphatic heterocycles. The van der Waals surface area contributed by atoms with Gasteiger partial charge in [0.2, 0.25) is 0 Å². The summed E-state index contributed by atoms with van der Waals surface area (Å²) >= 11 is 0. The molecule has 2 atom stereocenters. The lowest BCUT2D eigenvalue weighted by atomic mass is 9.89. The highest BCUT2D eigenvalue weighted by atomic mass is 14.9. The van der Waals surface area contributed by atoms with Crippen molar-refractivity contribution in [1.29, 1.82) is 0 Å². The molecule has 1 nitrogen and oxygen atoms in total. The standard InChI is InChI=1S/C18H31N/c1-15(16(2)14-19-18(3,4)5)10-9-13-17-11-7-6-8-12-17/h6-8,11-12,15-16,19H,9-10,13-14H2,1-5H3. The Morgan fingerprint density at radius 2 is 1.63 bits per heavy atom. The second-order valence-electron chi connectivity index (χ2n) is 6.96. The first kappa shape index (κ1) is 16.2. The van der Waals surface area contributed by atoms with Gasteiger partial charge in [0.05, 0.1) is 0 Å². The van der Waals surface area contributed by atoms with Gasteiger partial charge < -0.3 is 5.32 Å². The van der Waals surface area contributed by atoms with Crippen molar-refractivity contribution in [2.45, 2.75) is 59.4 Å². The van der Waals surface area contributed by atoms with Crippen LogP contribution in [0.1, 0.15) is 53.0 Å². The van der Waals surface area contributed by atoms with Crippen molar-refractivity contribution >= 4 is 0 Å². The summed E-state index contributed by atoms with van der Waals surface area (Å²) in [6.07, 6.45) is 3.83. The van der Waals surface area contributed by atoms with Gasteiger partial charge in [0, 0.05) is 5.54 Å². The second kappa shape index (κ2) is 7.69. The highest BCUT2D eigenvalue weighted by Gasteiger charge is 2.15. The molecule has 108 valence electrons. The summed E-state index contributed by atoms with van der Waals surface area (Å²) in [6, 6.07) is 10.8. The van der Waals surface area contributed by atoms with E-state index in [1.54, 1.807) is 0 Å². The number of rotatable bonds is 7. The smallest absolute Gasteiger partial charge is 0.00966 e. The topological polar surface area (TPSA) is 12.0 Å². The average Bonchev–Trinajstić information content (AvgIpc) is 2.36. The van der Waals surface area contributed by atoms with Crippen molar-refractivity contribution in [3.05, 3.63) is 35.9 Å². The van der Waals surface area contributed by atoms with Crippen LogP contribution in [0, 0.1) is 11.8 Å². The van der Waals surface area contributed by atoms with Crippen LogP contribution in [0.2, 0.25) is 0 Å². The van der Waals surface area contributed by atoms with E-state index in [1.807, 2.05) is 0 Å². The van der Waals surface area contributed by atoms with Crippen LogP contribution in [0.15, 0.2) is 30.3 Å². The minimum atomic E-state index is 0.234. The Balaban J connectivity index is 2.21. The maximum absolute atomic E-state index is 3.61. The SMILES string of the molecule is CC(CCCc1ccccc1)C(C)CNC(C)(C)C. The Hall–Kier alpha value is -0.820. The summed E-state index contributed by atoms with van der Waals surface area (Å²) < 4.78 is 0. The predicted octanol–water partition coefficient (Wildman–Crippen LogP) is 4.67. The first-order valence-corrected chi connectivity index (χ1v) is 7.67. The van der Waals surface area contributed by atoms with Gasteiger partial charge in [-0.3, -0.25) is 0 Å². The van der Waals surface area contributed by atoms with Crippen LogP contribution < -0.4 is 5.32 Å². The van der Waals surface area contributed by atoms with Gasteiger partial charge in [0.15, 0.2) is 0 Å². The maximum Gasteiger partial charge on any atom is 0.00966 e. The van der Waals surface area contributed by atoms with E-state index in [-0.39, 0.29) is 5.54 Å². The van der Waals surface area contributed by atoms with Crippen LogP contribution >= 0.6 is 0 Å². The molecule has 0 saturated carbocycles. The third-order valence-electron chi connectivity index (χ3n) is 3.89. The molecule has 0 bridgehead atoms. The summed E-state index contributed by atoms with van der Waals surface area (Å²) in [7, 11) is 0. The Morgan fingerprint density at radius 1 is 1.00 bits per heavy atom. The van der Waals surface area contributed by atoms with Gasteiger partial charge in [-0.1, -0.05) is 50.6 Å². The van der Waals surface area contributed by atoms with Gasteiger partial charge in [-0.05, 0) is 57.6 Å². The largest absolute Gasteiger partial charge is 0.312 e. The van der Waals surface area contributed by atoms with Crippen molar-refractivity contribution in [3.8, 4) is 0 Å². The van der Waals surface area contributed by atoms with Crippen molar-refractivity contribution in [2.24, 2.45) is 11.8 Å². The van der Waals surface area contributed by atoms with Crippen LogP contribution in [-0.2, 0) is 6.42 Å². The highest BCUT2D eigenvalue weighted by molar-refractivity contribution is 5.14. The molecule has 1 heteroatoms. The molecule has 1 aromatic carbocycles. The number of hydrogen-bond donors (Lipinski definition) is 1. The van der Waals surface area contributed by atoms with Crippen molar-refractivity contribution in [2.75, 3.05) is 6.54 Å². The molecule has 0 aromatic heterocycles. The lowest BCUT2D eigenvalue weighted by Crippen LogP contribution is -2.39. The normalized spacial score (nSPS) is 15.2. The fourth-order valence-electron chi connectivity index (χ4n) is 2.23. The van der Waals surface area contributed by atoms with E-state index in [0.717, 1.165) is 18.4 Å². The fourth-order valence-corrected chi connectivity index (χ4v) is 2.23. The molecule has 0 fully saturated rings. The Bertz CT molecular complexity index is 336. The summed E-state index contributed by atoms with van der Waals surface area (Å²) in [5, 5.41) is 3.61. The van der Waals surface area contributed by atoms with E-state index in [2.05, 4.69) is 70.3 Å². The van der Waals surface area contributed by atoms with Crippen LogP contribution in [0.5, 0.6) is 0 Å². The van der Waals surface area contributed by atoms with Crippen molar-refractivity contribution < 1.29 is 0 Å². The van der Waals surface area contributed by atoms with Crippen LogP contribution in [0.25, 0.3) is 0 Å². The molecule has 2 unspecified atom stereocenters. The zero-order chi connectivity index (χ0) is 14.3. The quantitative estimate of drug-likeness (QED) is 0.752. The van der Waals surface area contributed by atoms with E-state index in [9.17, 15) is 0 Å². The van der Waals surface area contributed by atoms with Crippen LogP contribution in [0.3, 0.4) is 0 Å². The molecule has 0 amide bonds. The fraction of sp³-hybridized carbons (Fsp3) is 0.667. The summed E-state index contributed by atoms with van der Waals surface area (Å²) in [6.45, 7) is 12.6. The van der Waals surface area contributed by atoms with E-state index >= 15 is 0 Å². The maximum atomic E-state index is 3.61. The minimum absolute atomic E-state index is 0.234. The first-order chi connectivity index (χ1) is 8.88. The Kier molecular flexibility index (Phi) is 6.57. The third kappa shape index (κ3) is 7.37. The van der Waals surface area contributed by atoms with Gasteiger partial charge in [-0.15, -0.1) is 0 Å². The predicted molar refractivity (Wildman–Crippen MR) is 85.5 cm³/mol. The average molecular weight is 261 g/mol. The first-order valence-electron chi connectivity index (χ1n) is 7.67. The molecule has 0 aliphatic rings. The van der Waals surface area contributed by atoms with Gasteiger partial charge in [-0.2, -0.15) is 0 Å². The number of hydrogen-bond acceptors (Lipinski definition) is 1. The molecular formula is C18H31N. The third-order valence-corrected chi connectivity index (χ3v) is 3.89. The molecule has 19 heavy (non-hydrogen) atoms. The molecule has 0 aliphatic carbocycles. The molecule has 0 spiro atoms. The molecule has 0 saturated heterocycles. The van der Waals surface area contributed by atoms with E-state index < -0.39 is 0 Å². The number of benzene rings is 1. The van der Waals surface area contributed by atoms with E-state index in [4.69, 9.17) is 0 Å². The zero-order valence-electron chi connectivity index (χ0n) is 13.4. The molecule has 1 N–H and O–H groups in total. The minimum Gasteiger partial charge on any atom is -0.312 e. The van der Waals surface area contributed by atoms with E-state index in [1.165, 1.54) is 24.8 Å². The summed E-state index contributed by atoms with van der Waals surface area (Å²) in [5.74, 6) is 1.54. The molecule has 1 rings (SSSR count). The van der Waals surface area contributed by atoms with Gasteiger partial charge >= 0.3 is 0 Å². The highest BCUT2D eigenvalue weighted by Crippen LogP contribution is 2.18. The van der Waals surface area contributed by atoms with Crippen molar-refractivity contribution in [1.82, 2.24) is 5.32 Å².